The molecule has 7 rings (SSSR count). The summed E-state index contributed by atoms with van der Waals surface area (Å²) in [6, 6.07) is 30.4. The third-order valence-corrected chi connectivity index (χ3v) is 7.08. The van der Waals surface area contributed by atoms with Crippen LogP contribution in [0.3, 0.4) is 0 Å². The van der Waals surface area contributed by atoms with Crippen molar-refractivity contribution in [3.05, 3.63) is 96.4 Å². The fourth-order valence-electron chi connectivity index (χ4n) is 5.71. The van der Waals surface area contributed by atoms with Gasteiger partial charge in [-0.15, -0.1) is 0 Å². The van der Waals surface area contributed by atoms with Crippen molar-refractivity contribution in [3.63, 3.8) is 0 Å². The highest BCUT2D eigenvalue weighted by atomic mass is 15.0. The van der Waals surface area contributed by atoms with Crippen molar-refractivity contribution < 1.29 is 0 Å². The predicted molar refractivity (Wildman–Crippen MR) is 141 cm³/mol. The Balaban J connectivity index is 1.65. The van der Waals surface area contributed by atoms with E-state index in [4.69, 9.17) is 4.98 Å². The highest BCUT2D eigenvalue weighted by molar-refractivity contribution is 6.22. The molecule has 164 valence electrons. The molecule has 3 aromatic heterocycles. The lowest BCUT2D eigenvalue weighted by Gasteiger charge is -2.12. The summed E-state index contributed by atoms with van der Waals surface area (Å²) >= 11 is 0. The van der Waals surface area contributed by atoms with Gasteiger partial charge in [0.05, 0.1) is 28.8 Å². The average molecular weight is 441 g/mol. The minimum atomic E-state index is 0.693. The number of hydrogen-bond donors (Lipinski definition) is 0. The number of fused-ring (bicyclic) bond motifs is 8. The van der Waals surface area contributed by atoms with Crippen molar-refractivity contribution in [3.8, 4) is 0 Å². The number of benzene rings is 4. The third-order valence-electron chi connectivity index (χ3n) is 7.08. The summed E-state index contributed by atoms with van der Waals surface area (Å²) < 4.78 is 4.93. The van der Waals surface area contributed by atoms with Crippen LogP contribution in [0.15, 0.2) is 84.9 Å². The van der Waals surface area contributed by atoms with Gasteiger partial charge in [0.1, 0.15) is 5.82 Å². The van der Waals surface area contributed by atoms with Crippen molar-refractivity contribution in [2.75, 3.05) is 0 Å². The Hall–Kier alpha value is -4.18. The van der Waals surface area contributed by atoms with E-state index in [0.717, 1.165) is 29.0 Å². The maximum absolute atomic E-state index is 4.92. The van der Waals surface area contributed by atoms with Crippen molar-refractivity contribution >= 4 is 54.5 Å². The van der Waals surface area contributed by atoms with Gasteiger partial charge in [-0.3, -0.25) is 0 Å². The van der Waals surface area contributed by atoms with Gasteiger partial charge in [-0.2, -0.15) is 0 Å². The fraction of sp³-hybridized carbons (Fsp3) is 0.133. The molecule has 4 heteroatoms. The van der Waals surface area contributed by atoms with Gasteiger partial charge < -0.3 is 9.13 Å². The second kappa shape index (κ2) is 7.16. The molecule has 7 aromatic rings. The van der Waals surface area contributed by atoms with Crippen LogP contribution < -0.4 is 0 Å². The molecule has 0 radical (unpaired) electrons. The monoisotopic (exact) mass is 440 g/mol. The number of nitrogens with zero attached hydrogens (tertiary/aromatic N) is 4. The molecule has 0 fully saturated rings. The molecule has 0 aliphatic carbocycles. The smallest absolute Gasteiger partial charge is 0.126 e. The lowest BCUT2D eigenvalue weighted by Crippen LogP contribution is -2.06. The largest absolute Gasteiger partial charge is 0.339 e. The van der Waals surface area contributed by atoms with E-state index < -0.39 is 0 Å². The summed E-state index contributed by atoms with van der Waals surface area (Å²) in [4.78, 5) is 9.59. The summed E-state index contributed by atoms with van der Waals surface area (Å²) in [7, 11) is 0. The first-order chi connectivity index (χ1) is 16.7. The van der Waals surface area contributed by atoms with Crippen LogP contribution in [0.4, 0.5) is 0 Å². The zero-order valence-electron chi connectivity index (χ0n) is 19.3. The van der Waals surface area contributed by atoms with E-state index in [0.29, 0.717) is 6.54 Å². The van der Waals surface area contributed by atoms with Gasteiger partial charge in [0.15, 0.2) is 0 Å². The summed E-state index contributed by atoms with van der Waals surface area (Å²) in [6.45, 7) is 5.83. The Kier molecular flexibility index (Phi) is 4.06. The standard InChI is InChI=1S/C30H24N4/c1-3-33-27-14-8-5-10-20(27)22-16-17-23-21-11-6-9-15-28(21)34(30(23)29(22)33)18-26-24-12-4-7-13-25(24)31-19(2)32-26/h4-17H,3,18H2,1-2H3. The molecule has 0 bridgehead atoms. The van der Waals surface area contributed by atoms with Crippen LogP contribution in [-0.2, 0) is 13.1 Å². The first-order valence-corrected chi connectivity index (χ1v) is 11.9. The summed E-state index contributed by atoms with van der Waals surface area (Å²) in [5.41, 5.74) is 7.15. The highest BCUT2D eigenvalue weighted by Crippen LogP contribution is 2.39. The van der Waals surface area contributed by atoms with Crippen LogP contribution in [-0.4, -0.2) is 19.1 Å². The van der Waals surface area contributed by atoms with Crippen molar-refractivity contribution in [2.24, 2.45) is 0 Å². The molecule has 4 nitrogen and oxygen atoms in total. The van der Waals surface area contributed by atoms with Gasteiger partial charge in [0, 0.05) is 44.5 Å². The number of aromatic nitrogens is 4. The molecule has 0 atom stereocenters. The minimum Gasteiger partial charge on any atom is -0.339 e. The maximum atomic E-state index is 4.92. The number of aryl methyl sites for hydroxylation is 2. The predicted octanol–water partition coefficient (Wildman–Crippen LogP) is 7.22. The normalized spacial score (nSPS) is 12.1. The summed E-state index contributed by atoms with van der Waals surface area (Å²) in [5, 5.41) is 6.29. The summed E-state index contributed by atoms with van der Waals surface area (Å²) in [6.07, 6.45) is 0. The molecule has 4 aromatic carbocycles. The van der Waals surface area contributed by atoms with Crippen LogP contribution in [0.5, 0.6) is 0 Å². The quantitative estimate of drug-likeness (QED) is 0.291. The van der Waals surface area contributed by atoms with Gasteiger partial charge in [0.25, 0.3) is 0 Å². The third kappa shape index (κ3) is 2.59. The zero-order chi connectivity index (χ0) is 22.8. The molecular formula is C30H24N4. The van der Waals surface area contributed by atoms with E-state index in [1.807, 2.05) is 13.0 Å². The van der Waals surface area contributed by atoms with Crippen molar-refractivity contribution in [1.82, 2.24) is 19.1 Å². The van der Waals surface area contributed by atoms with Gasteiger partial charge in [-0.25, -0.2) is 9.97 Å². The second-order valence-corrected chi connectivity index (χ2v) is 8.96. The Labute approximate surface area is 197 Å². The van der Waals surface area contributed by atoms with Crippen molar-refractivity contribution in [1.29, 1.82) is 0 Å². The molecule has 0 amide bonds. The van der Waals surface area contributed by atoms with E-state index in [1.165, 1.54) is 43.6 Å². The van der Waals surface area contributed by atoms with E-state index in [-0.39, 0.29) is 0 Å². The number of para-hydroxylation sites is 3. The molecule has 3 heterocycles. The Morgan fingerprint density at radius 1 is 0.588 bits per heavy atom. The lowest BCUT2D eigenvalue weighted by atomic mass is 10.1. The van der Waals surface area contributed by atoms with E-state index in [2.05, 4.69) is 99.9 Å². The highest BCUT2D eigenvalue weighted by Gasteiger charge is 2.19. The summed E-state index contributed by atoms with van der Waals surface area (Å²) in [5.74, 6) is 0.808. The number of rotatable bonds is 3. The SMILES string of the molecule is CCn1c2ccccc2c2ccc3c4ccccc4n(Cc4nc(C)nc5ccccc45)c3c21. The molecule has 0 spiro atoms. The van der Waals surface area contributed by atoms with Crippen molar-refractivity contribution in [2.45, 2.75) is 26.9 Å². The fourth-order valence-corrected chi connectivity index (χ4v) is 5.71. The Bertz CT molecular complexity index is 1890. The molecule has 0 saturated carbocycles. The van der Waals surface area contributed by atoms with Crippen LogP contribution in [0, 0.1) is 6.92 Å². The van der Waals surface area contributed by atoms with E-state index in [9.17, 15) is 0 Å². The van der Waals surface area contributed by atoms with E-state index in [1.54, 1.807) is 0 Å². The molecule has 0 N–H and O–H groups in total. The first-order valence-electron chi connectivity index (χ1n) is 11.9. The van der Waals surface area contributed by atoms with Gasteiger partial charge in [-0.05, 0) is 32.0 Å². The van der Waals surface area contributed by atoms with Crippen LogP contribution >= 0.6 is 0 Å². The van der Waals surface area contributed by atoms with Gasteiger partial charge in [-0.1, -0.05) is 66.7 Å². The second-order valence-electron chi connectivity index (χ2n) is 8.96. The molecule has 0 saturated heterocycles. The maximum Gasteiger partial charge on any atom is 0.126 e. The molecule has 0 aliphatic heterocycles. The topological polar surface area (TPSA) is 35.6 Å². The molecule has 0 unspecified atom stereocenters. The lowest BCUT2D eigenvalue weighted by molar-refractivity contribution is 0.811. The van der Waals surface area contributed by atoms with Crippen LogP contribution in [0.2, 0.25) is 0 Å². The number of hydrogen-bond acceptors (Lipinski definition) is 2. The molecular weight excluding hydrogens is 416 g/mol. The van der Waals surface area contributed by atoms with Crippen LogP contribution in [0.25, 0.3) is 54.5 Å². The molecule has 34 heavy (non-hydrogen) atoms. The van der Waals surface area contributed by atoms with Gasteiger partial charge in [0.2, 0.25) is 0 Å². The van der Waals surface area contributed by atoms with Gasteiger partial charge >= 0.3 is 0 Å². The Morgan fingerprint density at radius 3 is 1.82 bits per heavy atom. The first kappa shape index (κ1) is 19.3. The average Bonchev–Trinajstić information content (AvgIpc) is 3.36. The Morgan fingerprint density at radius 2 is 1.15 bits per heavy atom. The van der Waals surface area contributed by atoms with E-state index >= 15 is 0 Å². The minimum absolute atomic E-state index is 0.693. The van der Waals surface area contributed by atoms with Crippen LogP contribution in [0.1, 0.15) is 18.4 Å². The zero-order valence-corrected chi connectivity index (χ0v) is 19.3. The molecule has 0 aliphatic rings.